The summed E-state index contributed by atoms with van der Waals surface area (Å²) in [5.74, 6) is 0.0268. The molecule has 1 heterocycles. The third-order valence-electron chi connectivity index (χ3n) is 2.86. The highest BCUT2D eigenvalue weighted by Crippen LogP contribution is 2.44. The van der Waals surface area contributed by atoms with E-state index in [-0.39, 0.29) is 5.78 Å². The summed E-state index contributed by atoms with van der Waals surface area (Å²) in [6.45, 7) is 0. The number of carbonyl (C=O) groups is 1. The van der Waals surface area contributed by atoms with E-state index in [1.165, 1.54) is 0 Å². The lowest BCUT2D eigenvalue weighted by Gasteiger charge is -2.15. The van der Waals surface area contributed by atoms with E-state index in [1.807, 2.05) is 30.3 Å². The van der Waals surface area contributed by atoms with E-state index in [2.05, 4.69) is 0 Å². The van der Waals surface area contributed by atoms with Crippen LogP contribution < -0.4 is 0 Å². The van der Waals surface area contributed by atoms with Crippen LogP contribution in [0.1, 0.15) is 16.8 Å². The first kappa shape index (κ1) is 12.1. The minimum Gasteiger partial charge on any atom is -0.289 e. The van der Waals surface area contributed by atoms with E-state index < -0.39 is 0 Å². The molecule has 1 nitrogen and oxygen atoms in total. The van der Waals surface area contributed by atoms with Gasteiger partial charge in [-0.1, -0.05) is 47.1 Å². The van der Waals surface area contributed by atoms with Gasteiger partial charge in [0, 0.05) is 26.8 Å². The van der Waals surface area contributed by atoms with E-state index in [0.717, 1.165) is 20.9 Å². The quantitative estimate of drug-likeness (QED) is 0.678. The maximum Gasteiger partial charge on any atom is 0.187 e. The third kappa shape index (κ3) is 2.05. The van der Waals surface area contributed by atoms with Gasteiger partial charge in [-0.25, -0.2) is 0 Å². The number of halogens is 2. The Hall–Kier alpha value is -0.960. The first-order valence-electron chi connectivity index (χ1n) is 5.43. The van der Waals surface area contributed by atoms with Gasteiger partial charge in [-0.15, -0.1) is 0 Å². The van der Waals surface area contributed by atoms with Crippen LogP contribution in [0.4, 0.5) is 0 Å². The number of thioether (sulfide) groups is 1. The smallest absolute Gasteiger partial charge is 0.187 e. The number of hydrogen-bond acceptors (Lipinski definition) is 2. The predicted molar refractivity (Wildman–Crippen MR) is 76.1 cm³/mol. The van der Waals surface area contributed by atoms with E-state index in [0.29, 0.717) is 16.5 Å². The summed E-state index contributed by atoms with van der Waals surface area (Å²) in [7, 11) is 0. The summed E-state index contributed by atoms with van der Waals surface area (Å²) in [6.07, 6.45) is 4.02. The molecule has 0 fully saturated rings. The standard InChI is InChI=1S/C14H8Cl2OS/c15-10-5-8-6-12(17)9-3-1-2-4-13(9)18-14(8)7-11(10)16/h1-4,6-7H,5H2. The Bertz CT molecular complexity index is 641. The summed E-state index contributed by atoms with van der Waals surface area (Å²) < 4.78 is 0. The van der Waals surface area contributed by atoms with Crippen molar-refractivity contribution in [2.75, 3.05) is 0 Å². The summed E-state index contributed by atoms with van der Waals surface area (Å²) in [5, 5.41) is 1.15. The summed E-state index contributed by atoms with van der Waals surface area (Å²) in [6, 6.07) is 7.59. The Kier molecular flexibility index (Phi) is 3.10. The van der Waals surface area contributed by atoms with Crippen LogP contribution in [0.5, 0.6) is 0 Å². The second-order valence-electron chi connectivity index (χ2n) is 4.07. The van der Waals surface area contributed by atoms with E-state index in [9.17, 15) is 4.79 Å². The Balaban J connectivity index is 2.15. The lowest BCUT2D eigenvalue weighted by molar-refractivity contribution is 0.104. The topological polar surface area (TPSA) is 17.1 Å². The Labute approximate surface area is 119 Å². The van der Waals surface area contributed by atoms with E-state index >= 15 is 0 Å². The first-order chi connectivity index (χ1) is 8.65. The molecule has 18 heavy (non-hydrogen) atoms. The number of hydrogen-bond donors (Lipinski definition) is 0. The number of fused-ring (bicyclic) bond motifs is 2. The molecule has 0 spiro atoms. The SMILES string of the molecule is O=C1C=C2CC(Cl)=C(Cl)C=C2Sc2ccccc21. The van der Waals surface area contributed by atoms with Crippen molar-refractivity contribution in [1.29, 1.82) is 0 Å². The number of benzene rings is 1. The molecule has 0 atom stereocenters. The summed E-state index contributed by atoms with van der Waals surface area (Å²) >= 11 is 13.7. The second kappa shape index (κ2) is 4.61. The average molecular weight is 295 g/mol. The number of rotatable bonds is 0. The molecule has 90 valence electrons. The van der Waals surface area contributed by atoms with Crippen LogP contribution in [0.2, 0.25) is 0 Å². The molecule has 1 aliphatic heterocycles. The molecule has 0 amide bonds. The van der Waals surface area contributed by atoms with Crippen molar-refractivity contribution in [2.24, 2.45) is 0 Å². The van der Waals surface area contributed by atoms with Crippen molar-refractivity contribution in [1.82, 2.24) is 0 Å². The molecular weight excluding hydrogens is 287 g/mol. The van der Waals surface area contributed by atoms with Crippen molar-refractivity contribution in [3.8, 4) is 0 Å². The maximum atomic E-state index is 12.1. The van der Waals surface area contributed by atoms with Gasteiger partial charge >= 0.3 is 0 Å². The van der Waals surface area contributed by atoms with Crippen LogP contribution in [0.3, 0.4) is 0 Å². The zero-order valence-electron chi connectivity index (χ0n) is 9.24. The second-order valence-corrected chi connectivity index (χ2v) is 6.02. The normalized spacial score (nSPS) is 18.7. The molecule has 0 radical (unpaired) electrons. The van der Waals surface area contributed by atoms with Gasteiger partial charge in [-0.2, -0.15) is 0 Å². The van der Waals surface area contributed by atoms with Crippen LogP contribution in [-0.4, -0.2) is 5.78 Å². The van der Waals surface area contributed by atoms with Crippen molar-refractivity contribution >= 4 is 40.7 Å². The van der Waals surface area contributed by atoms with E-state index in [4.69, 9.17) is 23.2 Å². The zero-order chi connectivity index (χ0) is 12.7. The third-order valence-corrected chi connectivity index (χ3v) is 4.80. The van der Waals surface area contributed by atoms with Crippen molar-refractivity contribution in [2.45, 2.75) is 11.3 Å². The van der Waals surface area contributed by atoms with Gasteiger partial charge < -0.3 is 0 Å². The summed E-state index contributed by atoms with van der Waals surface area (Å²) in [5.41, 5.74) is 1.67. The molecular formula is C14H8Cl2OS. The number of carbonyl (C=O) groups excluding carboxylic acids is 1. The zero-order valence-corrected chi connectivity index (χ0v) is 11.6. The van der Waals surface area contributed by atoms with Crippen LogP contribution in [0.25, 0.3) is 0 Å². The molecule has 1 aromatic carbocycles. The summed E-state index contributed by atoms with van der Waals surface area (Å²) in [4.78, 5) is 14.1. The van der Waals surface area contributed by atoms with Crippen molar-refractivity contribution in [3.05, 3.63) is 62.5 Å². The lowest BCUT2D eigenvalue weighted by atomic mass is 10.0. The highest BCUT2D eigenvalue weighted by atomic mass is 35.5. The monoisotopic (exact) mass is 294 g/mol. The number of ketones is 1. The highest BCUT2D eigenvalue weighted by Gasteiger charge is 2.23. The minimum absolute atomic E-state index is 0.0268. The van der Waals surface area contributed by atoms with Crippen molar-refractivity contribution in [3.63, 3.8) is 0 Å². The fraction of sp³-hybridized carbons (Fsp3) is 0.0714. The molecule has 1 aliphatic carbocycles. The molecule has 4 heteroatoms. The molecule has 0 N–H and O–H groups in total. The Morgan fingerprint density at radius 3 is 2.72 bits per heavy atom. The van der Waals surface area contributed by atoms with E-state index in [1.54, 1.807) is 17.8 Å². The molecule has 3 rings (SSSR count). The van der Waals surface area contributed by atoms with Crippen molar-refractivity contribution < 1.29 is 4.79 Å². The molecule has 0 saturated carbocycles. The molecule has 0 unspecified atom stereocenters. The first-order valence-corrected chi connectivity index (χ1v) is 7.00. The fourth-order valence-electron chi connectivity index (χ4n) is 1.96. The minimum atomic E-state index is 0.0268. The molecule has 0 saturated heterocycles. The molecule has 2 aliphatic rings. The average Bonchev–Trinajstić information content (AvgIpc) is 2.48. The molecule has 1 aromatic rings. The Morgan fingerprint density at radius 2 is 1.89 bits per heavy atom. The molecule has 0 bridgehead atoms. The molecule has 0 aromatic heterocycles. The van der Waals surface area contributed by atoms with Gasteiger partial charge in [0.1, 0.15) is 0 Å². The Morgan fingerprint density at radius 1 is 1.11 bits per heavy atom. The number of allylic oxidation sites excluding steroid dienone is 5. The van der Waals surface area contributed by atoms with Gasteiger partial charge in [0.25, 0.3) is 0 Å². The highest BCUT2D eigenvalue weighted by molar-refractivity contribution is 8.03. The van der Waals surface area contributed by atoms with Crippen LogP contribution in [-0.2, 0) is 0 Å². The van der Waals surface area contributed by atoms with Gasteiger partial charge in [-0.3, -0.25) is 4.79 Å². The van der Waals surface area contributed by atoms with Gasteiger partial charge in [0.2, 0.25) is 0 Å². The predicted octanol–water partition coefficient (Wildman–Crippen LogP) is 4.88. The van der Waals surface area contributed by atoms with Gasteiger partial charge in [0.15, 0.2) is 5.78 Å². The maximum absolute atomic E-state index is 12.1. The largest absolute Gasteiger partial charge is 0.289 e. The van der Waals surface area contributed by atoms with Crippen LogP contribution >= 0.6 is 35.0 Å². The van der Waals surface area contributed by atoms with Crippen LogP contribution in [0.15, 0.2) is 61.9 Å². The van der Waals surface area contributed by atoms with Gasteiger partial charge in [0.05, 0.1) is 5.03 Å². The lowest BCUT2D eigenvalue weighted by Crippen LogP contribution is -1.97. The fourth-order valence-corrected chi connectivity index (χ4v) is 3.50. The van der Waals surface area contributed by atoms with Gasteiger partial charge in [-0.05, 0) is 29.9 Å². The van der Waals surface area contributed by atoms with Crippen LogP contribution in [0, 0.1) is 0 Å².